The highest BCUT2D eigenvalue weighted by atomic mass is 35.5. The van der Waals surface area contributed by atoms with Gasteiger partial charge in [0.2, 0.25) is 11.8 Å². The molecule has 1 aromatic heterocycles. The second-order valence-electron chi connectivity index (χ2n) is 9.44. The number of methoxy groups -OCH3 is 2. The van der Waals surface area contributed by atoms with Crippen molar-refractivity contribution in [3.63, 3.8) is 0 Å². The molecule has 1 aliphatic heterocycles. The predicted octanol–water partition coefficient (Wildman–Crippen LogP) is 7.06. The van der Waals surface area contributed by atoms with Crippen molar-refractivity contribution in [1.82, 2.24) is 9.88 Å². The van der Waals surface area contributed by atoms with Gasteiger partial charge in [-0.05, 0) is 66.4 Å². The molecule has 2 heterocycles. The van der Waals surface area contributed by atoms with Crippen LogP contribution in [0.15, 0.2) is 65.1 Å². The molecule has 5 rings (SSSR count). The van der Waals surface area contributed by atoms with E-state index in [4.69, 9.17) is 25.5 Å². The highest BCUT2D eigenvalue weighted by molar-refractivity contribution is 6.31. The van der Waals surface area contributed by atoms with E-state index < -0.39 is 17.8 Å². The van der Waals surface area contributed by atoms with E-state index in [1.165, 1.54) is 12.1 Å². The Kier molecular flexibility index (Phi) is 7.51. The van der Waals surface area contributed by atoms with Crippen LogP contribution in [0.3, 0.4) is 0 Å². The maximum absolute atomic E-state index is 13.8. The Balaban J connectivity index is 1.50. The minimum Gasteiger partial charge on any atom is -0.493 e. The molecule has 10 heteroatoms. The number of aromatic nitrogens is 1. The number of halogens is 4. The van der Waals surface area contributed by atoms with E-state index >= 15 is 0 Å². The third kappa shape index (κ3) is 5.25. The molecule has 0 bridgehead atoms. The number of alkyl halides is 3. The summed E-state index contributed by atoms with van der Waals surface area (Å²) in [4.78, 5) is 20.0. The van der Waals surface area contributed by atoms with Gasteiger partial charge in [0.25, 0.3) is 0 Å². The summed E-state index contributed by atoms with van der Waals surface area (Å²) in [7, 11) is 3.12. The van der Waals surface area contributed by atoms with Crippen molar-refractivity contribution >= 4 is 17.5 Å². The highest BCUT2D eigenvalue weighted by Crippen LogP contribution is 2.43. The number of carbonyl (C=O) groups excluding carboxylic acids is 1. The third-order valence-corrected chi connectivity index (χ3v) is 7.39. The lowest BCUT2D eigenvalue weighted by molar-refractivity contribution is -0.137. The Morgan fingerprint density at radius 1 is 1.05 bits per heavy atom. The molecule has 0 spiro atoms. The first-order chi connectivity index (χ1) is 19.1. The molecular formula is C30H26ClF3N2O4. The number of amides is 1. The molecule has 6 nitrogen and oxygen atoms in total. The van der Waals surface area contributed by atoms with Gasteiger partial charge in [-0.1, -0.05) is 35.9 Å². The van der Waals surface area contributed by atoms with Gasteiger partial charge >= 0.3 is 6.18 Å². The van der Waals surface area contributed by atoms with Crippen molar-refractivity contribution in [2.45, 2.75) is 32.0 Å². The summed E-state index contributed by atoms with van der Waals surface area (Å²) in [6, 6.07) is 15.4. The second-order valence-corrected chi connectivity index (χ2v) is 9.85. The van der Waals surface area contributed by atoms with Crippen LogP contribution in [0.5, 0.6) is 11.5 Å². The number of carbonyl (C=O) groups is 1. The lowest BCUT2D eigenvalue weighted by atomic mass is 9.87. The molecule has 0 aliphatic carbocycles. The number of rotatable bonds is 6. The van der Waals surface area contributed by atoms with Crippen LogP contribution in [-0.4, -0.2) is 36.6 Å². The van der Waals surface area contributed by atoms with Crippen molar-refractivity contribution in [2.75, 3.05) is 20.8 Å². The fraction of sp³-hybridized carbons (Fsp3) is 0.267. The van der Waals surface area contributed by atoms with Crippen molar-refractivity contribution in [1.29, 1.82) is 0 Å². The van der Waals surface area contributed by atoms with Gasteiger partial charge in [-0.3, -0.25) is 4.79 Å². The lowest BCUT2D eigenvalue weighted by Crippen LogP contribution is -2.41. The Labute approximate surface area is 234 Å². The van der Waals surface area contributed by atoms with Crippen molar-refractivity contribution in [2.24, 2.45) is 0 Å². The number of hydrogen-bond acceptors (Lipinski definition) is 5. The Bertz CT molecular complexity index is 1570. The number of nitrogens with zero attached hydrogens (tertiary/aromatic N) is 2. The summed E-state index contributed by atoms with van der Waals surface area (Å²) >= 11 is 6.63. The minimum atomic E-state index is -4.50. The zero-order valence-corrected chi connectivity index (χ0v) is 22.8. The summed E-state index contributed by atoms with van der Waals surface area (Å²) in [6.07, 6.45) is -4.02. The molecule has 0 N–H and O–H groups in total. The Hall–Kier alpha value is -3.98. The van der Waals surface area contributed by atoms with E-state index in [-0.39, 0.29) is 23.8 Å². The first-order valence-electron chi connectivity index (χ1n) is 12.5. The average Bonchev–Trinajstić information content (AvgIpc) is 3.31. The van der Waals surface area contributed by atoms with Gasteiger partial charge in [0.15, 0.2) is 11.5 Å². The molecular weight excluding hydrogens is 545 g/mol. The fourth-order valence-corrected chi connectivity index (χ4v) is 5.27. The largest absolute Gasteiger partial charge is 0.493 e. The molecule has 40 heavy (non-hydrogen) atoms. The summed E-state index contributed by atoms with van der Waals surface area (Å²) < 4.78 is 56.4. The first-order valence-corrected chi connectivity index (χ1v) is 12.9. The molecule has 1 amide bonds. The smallest absolute Gasteiger partial charge is 0.416 e. The van der Waals surface area contributed by atoms with Crippen molar-refractivity contribution in [3.8, 4) is 23.0 Å². The van der Waals surface area contributed by atoms with Crippen LogP contribution in [0, 0.1) is 6.92 Å². The van der Waals surface area contributed by atoms with E-state index in [9.17, 15) is 18.0 Å². The topological polar surface area (TPSA) is 64.8 Å². The second kappa shape index (κ2) is 10.9. The van der Waals surface area contributed by atoms with Gasteiger partial charge in [-0.15, -0.1) is 0 Å². The average molecular weight is 571 g/mol. The van der Waals surface area contributed by atoms with Gasteiger partial charge in [-0.2, -0.15) is 13.2 Å². The molecule has 0 saturated carbocycles. The summed E-state index contributed by atoms with van der Waals surface area (Å²) in [5.74, 6) is 1.29. The number of oxazole rings is 1. The summed E-state index contributed by atoms with van der Waals surface area (Å²) in [6.45, 7) is 2.05. The van der Waals surface area contributed by atoms with Gasteiger partial charge in [0.05, 0.1) is 37.9 Å². The number of benzene rings is 3. The Morgan fingerprint density at radius 2 is 1.77 bits per heavy atom. The highest BCUT2D eigenvalue weighted by Gasteiger charge is 2.35. The number of aryl methyl sites for hydroxylation is 1. The summed E-state index contributed by atoms with van der Waals surface area (Å²) in [5.41, 5.74) is 2.36. The van der Waals surface area contributed by atoms with E-state index in [0.29, 0.717) is 40.9 Å². The molecule has 1 unspecified atom stereocenters. The molecule has 3 aromatic carbocycles. The van der Waals surface area contributed by atoms with E-state index in [1.54, 1.807) is 32.1 Å². The predicted molar refractivity (Wildman–Crippen MR) is 144 cm³/mol. The lowest BCUT2D eigenvalue weighted by Gasteiger charge is -2.38. The van der Waals surface area contributed by atoms with Gasteiger partial charge < -0.3 is 18.8 Å². The number of ether oxygens (including phenoxy) is 2. The van der Waals surface area contributed by atoms with Crippen LogP contribution in [0.4, 0.5) is 13.2 Å². The van der Waals surface area contributed by atoms with Crippen LogP contribution >= 0.6 is 11.6 Å². The first kappa shape index (κ1) is 27.6. The van der Waals surface area contributed by atoms with E-state index in [2.05, 4.69) is 4.98 Å². The maximum atomic E-state index is 13.8. The molecule has 1 aliphatic rings. The Morgan fingerprint density at radius 3 is 2.48 bits per heavy atom. The van der Waals surface area contributed by atoms with Gasteiger partial charge in [0, 0.05) is 17.1 Å². The maximum Gasteiger partial charge on any atom is 0.416 e. The molecule has 1 atom stereocenters. The van der Waals surface area contributed by atoms with Crippen LogP contribution in [0.25, 0.3) is 11.5 Å². The van der Waals surface area contributed by atoms with Crippen LogP contribution in [0.1, 0.15) is 39.7 Å². The van der Waals surface area contributed by atoms with Crippen LogP contribution in [-0.2, 0) is 23.8 Å². The third-order valence-electron chi connectivity index (χ3n) is 7.04. The van der Waals surface area contributed by atoms with Crippen molar-refractivity contribution < 1.29 is 31.9 Å². The minimum absolute atomic E-state index is 0.0230. The standard InChI is InChI=1S/C30H26ClF3N2O4/c1-17-24(35-29(40-17)19-7-6-8-20(13-19)30(32,33)34)16-27(37)36-12-11-18-14-25(38-2)26(39-3)15-22(18)28(36)21-9-4-5-10-23(21)31/h4-10,13-15,28H,11-12,16H2,1-3H3. The normalized spacial score (nSPS) is 15.1. The molecule has 0 fully saturated rings. The van der Waals surface area contributed by atoms with E-state index in [1.807, 2.05) is 30.3 Å². The van der Waals surface area contributed by atoms with Gasteiger partial charge in [-0.25, -0.2) is 4.98 Å². The molecule has 0 radical (unpaired) electrons. The molecule has 0 saturated heterocycles. The number of fused-ring (bicyclic) bond motifs is 1. The zero-order valence-electron chi connectivity index (χ0n) is 22.0. The SMILES string of the molecule is COc1cc2c(cc1OC)C(c1ccccc1Cl)N(C(=O)Cc1nc(-c3cccc(C(F)(F)F)c3)oc1C)CC2. The fourth-order valence-electron chi connectivity index (χ4n) is 5.04. The number of hydrogen-bond donors (Lipinski definition) is 0. The zero-order chi connectivity index (χ0) is 28.6. The van der Waals surface area contributed by atoms with E-state index in [0.717, 1.165) is 28.8 Å². The monoisotopic (exact) mass is 570 g/mol. The van der Waals surface area contributed by atoms with Crippen LogP contribution < -0.4 is 9.47 Å². The molecule has 208 valence electrons. The van der Waals surface area contributed by atoms with Gasteiger partial charge in [0.1, 0.15) is 5.76 Å². The quantitative estimate of drug-likeness (QED) is 0.248. The van der Waals surface area contributed by atoms with Crippen LogP contribution in [0.2, 0.25) is 5.02 Å². The summed E-state index contributed by atoms with van der Waals surface area (Å²) in [5, 5.41) is 0.511. The van der Waals surface area contributed by atoms with Crippen molar-refractivity contribution in [3.05, 3.63) is 99.4 Å². The molecule has 4 aromatic rings.